The van der Waals surface area contributed by atoms with E-state index in [1.165, 1.54) is 13.8 Å². The van der Waals surface area contributed by atoms with Crippen LogP contribution in [0.15, 0.2) is 18.2 Å². The van der Waals surface area contributed by atoms with Crippen LogP contribution in [-0.4, -0.2) is 30.0 Å². The van der Waals surface area contributed by atoms with E-state index >= 15 is 0 Å². The number of carbonyl (C=O) groups is 2. The molecule has 1 aliphatic rings. The van der Waals surface area contributed by atoms with Gasteiger partial charge in [0.2, 0.25) is 0 Å². The lowest BCUT2D eigenvalue weighted by atomic mass is 9.85. The van der Waals surface area contributed by atoms with Crippen molar-refractivity contribution in [1.82, 2.24) is 5.32 Å². The van der Waals surface area contributed by atoms with Crippen LogP contribution in [0.4, 0.5) is 0 Å². The van der Waals surface area contributed by atoms with E-state index in [0.717, 1.165) is 5.56 Å². The fourth-order valence-corrected chi connectivity index (χ4v) is 2.87. The van der Waals surface area contributed by atoms with Crippen molar-refractivity contribution in [2.45, 2.75) is 51.9 Å². The van der Waals surface area contributed by atoms with Crippen LogP contribution in [-0.2, 0) is 14.3 Å². The fraction of sp³-hybridized carbons (Fsp3) is 0.500. The summed E-state index contributed by atoms with van der Waals surface area (Å²) in [5, 5.41) is 12.4. The summed E-state index contributed by atoms with van der Waals surface area (Å²) in [6.45, 7) is 7.03. The van der Waals surface area contributed by atoms with Gasteiger partial charge >= 0.3 is 5.97 Å². The minimum atomic E-state index is -0.749. The molecule has 2 rings (SSSR count). The lowest BCUT2D eigenvalue weighted by Gasteiger charge is -2.44. The van der Waals surface area contributed by atoms with Gasteiger partial charge in [-0.25, -0.2) is 0 Å². The third kappa shape index (κ3) is 3.92. The van der Waals surface area contributed by atoms with Gasteiger partial charge < -0.3 is 14.8 Å². The number of nitrogens with zero attached hydrogens (tertiary/aromatic N) is 1. The van der Waals surface area contributed by atoms with Gasteiger partial charge in [-0.3, -0.25) is 9.59 Å². The Morgan fingerprint density at radius 3 is 2.67 bits per heavy atom. The zero-order valence-electron chi connectivity index (χ0n) is 14.4. The van der Waals surface area contributed by atoms with Crippen molar-refractivity contribution in [3.8, 4) is 11.8 Å². The number of hydrogen-bond donors (Lipinski definition) is 1. The third-order valence-corrected chi connectivity index (χ3v) is 3.97. The molecular weight excluding hydrogens is 308 g/mol. The summed E-state index contributed by atoms with van der Waals surface area (Å²) in [5.41, 5.74) is 0.501. The molecule has 1 aromatic rings. The van der Waals surface area contributed by atoms with Gasteiger partial charge in [0.1, 0.15) is 17.1 Å². The third-order valence-electron chi connectivity index (χ3n) is 3.97. The molecule has 0 radical (unpaired) electrons. The standard InChI is InChI=1S/C18H22N2O4/c1-11(21)7-8-20-16-14-9-13(10-19)5-6-15(14)24-18(3,4)17(16)23-12(2)22/h5-6,9,16-17,20H,7-8H2,1-4H3/t16-,17+/m0/s1. The second-order valence-corrected chi connectivity index (χ2v) is 6.48. The molecule has 24 heavy (non-hydrogen) atoms. The van der Waals surface area contributed by atoms with Gasteiger partial charge in [-0.2, -0.15) is 5.26 Å². The van der Waals surface area contributed by atoms with E-state index in [4.69, 9.17) is 14.7 Å². The highest BCUT2D eigenvalue weighted by Gasteiger charge is 2.46. The van der Waals surface area contributed by atoms with Crippen LogP contribution in [0.25, 0.3) is 0 Å². The summed E-state index contributed by atoms with van der Waals surface area (Å²) in [7, 11) is 0. The molecule has 6 heteroatoms. The molecule has 6 nitrogen and oxygen atoms in total. The molecule has 128 valence electrons. The molecule has 0 bridgehead atoms. The fourth-order valence-electron chi connectivity index (χ4n) is 2.87. The van der Waals surface area contributed by atoms with Crippen LogP contribution < -0.4 is 10.1 Å². The Labute approximate surface area is 141 Å². The minimum absolute atomic E-state index is 0.0730. The van der Waals surface area contributed by atoms with E-state index in [2.05, 4.69) is 11.4 Å². The topological polar surface area (TPSA) is 88.4 Å². The van der Waals surface area contributed by atoms with Crippen LogP contribution >= 0.6 is 0 Å². The number of benzene rings is 1. The molecule has 0 saturated carbocycles. The van der Waals surface area contributed by atoms with Crippen LogP contribution in [0.3, 0.4) is 0 Å². The van der Waals surface area contributed by atoms with E-state index in [1.807, 2.05) is 13.8 Å². The molecule has 1 heterocycles. The number of ether oxygens (including phenoxy) is 2. The molecule has 0 aliphatic carbocycles. The Morgan fingerprint density at radius 2 is 2.08 bits per heavy atom. The Hall–Kier alpha value is -2.39. The van der Waals surface area contributed by atoms with Crippen LogP contribution in [0.5, 0.6) is 5.75 Å². The quantitative estimate of drug-likeness (QED) is 0.833. The van der Waals surface area contributed by atoms with Crippen molar-refractivity contribution < 1.29 is 19.1 Å². The number of esters is 1. The van der Waals surface area contributed by atoms with Crippen LogP contribution in [0.2, 0.25) is 0 Å². The molecule has 0 unspecified atom stereocenters. The van der Waals surface area contributed by atoms with Crippen LogP contribution in [0, 0.1) is 11.3 Å². The number of rotatable bonds is 5. The van der Waals surface area contributed by atoms with Crippen molar-refractivity contribution in [2.75, 3.05) is 6.54 Å². The summed E-state index contributed by atoms with van der Waals surface area (Å²) >= 11 is 0. The maximum Gasteiger partial charge on any atom is 0.303 e. The predicted octanol–water partition coefficient (Wildman–Crippen LogP) is 2.27. The molecule has 0 fully saturated rings. The van der Waals surface area contributed by atoms with Crippen molar-refractivity contribution >= 4 is 11.8 Å². The van der Waals surface area contributed by atoms with Gasteiger partial charge in [0.25, 0.3) is 0 Å². The Balaban J connectivity index is 2.42. The minimum Gasteiger partial charge on any atom is -0.484 e. The van der Waals surface area contributed by atoms with Gasteiger partial charge in [0, 0.05) is 25.5 Å². The molecule has 0 amide bonds. The maximum atomic E-state index is 11.6. The molecule has 1 N–H and O–H groups in total. The van der Waals surface area contributed by atoms with Crippen molar-refractivity contribution in [1.29, 1.82) is 5.26 Å². The number of ketones is 1. The lowest BCUT2D eigenvalue weighted by Crippen LogP contribution is -2.54. The van der Waals surface area contributed by atoms with E-state index in [0.29, 0.717) is 24.3 Å². The summed E-state index contributed by atoms with van der Waals surface area (Å²) in [6, 6.07) is 6.91. The van der Waals surface area contributed by atoms with Crippen molar-refractivity contribution in [2.24, 2.45) is 0 Å². The average molecular weight is 330 g/mol. The predicted molar refractivity (Wildman–Crippen MR) is 87.5 cm³/mol. The first-order chi connectivity index (χ1) is 11.2. The highest BCUT2D eigenvalue weighted by atomic mass is 16.6. The summed E-state index contributed by atoms with van der Waals surface area (Å²) in [6.07, 6.45) is -0.207. The average Bonchev–Trinajstić information content (AvgIpc) is 2.48. The zero-order chi connectivity index (χ0) is 17.9. The van der Waals surface area contributed by atoms with Gasteiger partial charge in [-0.05, 0) is 39.0 Å². The largest absolute Gasteiger partial charge is 0.484 e. The highest BCUT2D eigenvalue weighted by molar-refractivity contribution is 5.75. The Kier molecular flexibility index (Phi) is 5.25. The number of fused-ring (bicyclic) bond motifs is 1. The molecule has 2 atom stereocenters. The summed E-state index contributed by atoms with van der Waals surface area (Å²) in [4.78, 5) is 22.8. The van der Waals surface area contributed by atoms with Crippen molar-refractivity contribution in [3.05, 3.63) is 29.3 Å². The molecule has 1 aromatic carbocycles. The molecule has 1 aliphatic heterocycles. The van der Waals surface area contributed by atoms with E-state index in [-0.39, 0.29) is 11.8 Å². The van der Waals surface area contributed by atoms with Gasteiger partial charge in [0.05, 0.1) is 17.7 Å². The second-order valence-electron chi connectivity index (χ2n) is 6.48. The van der Waals surface area contributed by atoms with Gasteiger partial charge in [-0.15, -0.1) is 0 Å². The first kappa shape index (κ1) is 18.0. The van der Waals surface area contributed by atoms with Gasteiger partial charge in [-0.1, -0.05) is 0 Å². The number of Topliss-reactive ketones (excluding diaryl/α,β-unsaturated/α-hetero) is 1. The molecule has 0 spiro atoms. The number of nitrogens with one attached hydrogen (secondary N) is 1. The Morgan fingerprint density at radius 1 is 1.38 bits per heavy atom. The van der Waals surface area contributed by atoms with E-state index < -0.39 is 17.7 Å². The Bertz CT molecular complexity index is 691. The molecule has 0 saturated heterocycles. The lowest BCUT2D eigenvalue weighted by molar-refractivity contribution is -0.163. The van der Waals surface area contributed by atoms with Crippen molar-refractivity contribution in [3.63, 3.8) is 0 Å². The normalized spacial score (nSPS) is 21.1. The van der Waals surface area contributed by atoms with E-state index in [9.17, 15) is 9.59 Å². The summed E-state index contributed by atoms with van der Waals surface area (Å²) < 4.78 is 11.5. The van der Waals surface area contributed by atoms with Crippen LogP contribution in [0.1, 0.15) is 51.3 Å². The maximum absolute atomic E-state index is 11.6. The first-order valence-electron chi connectivity index (χ1n) is 7.87. The number of carbonyl (C=O) groups excluding carboxylic acids is 2. The number of nitriles is 1. The smallest absolute Gasteiger partial charge is 0.303 e. The monoisotopic (exact) mass is 330 g/mol. The second kappa shape index (κ2) is 7.02. The summed E-state index contributed by atoms with van der Waals surface area (Å²) in [5.74, 6) is 0.307. The van der Waals surface area contributed by atoms with Gasteiger partial charge in [0.15, 0.2) is 6.10 Å². The van der Waals surface area contributed by atoms with E-state index in [1.54, 1.807) is 18.2 Å². The highest BCUT2D eigenvalue weighted by Crippen LogP contribution is 2.41. The zero-order valence-corrected chi connectivity index (χ0v) is 14.4. The molecule has 0 aromatic heterocycles. The SMILES string of the molecule is CC(=O)CCN[C@H]1c2cc(C#N)ccc2OC(C)(C)[C@@H]1OC(C)=O. The number of hydrogen-bond acceptors (Lipinski definition) is 6. The molecular formula is C18H22N2O4. The first-order valence-corrected chi connectivity index (χ1v) is 7.87.